The third-order valence-electron chi connectivity index (χ3n) is 2.78. The molecule has 0 saturated carbocycles. The van der Waals surface area contributed by atoms with Gasteiger partial charge in [0, 0.05) is 18.3 Å². The van der Waals surface area contributed by atoms with Crippen LogP contribution in [0.15, 0.2) is 30.0 Å². The van der Waals surface area contributed by atoms with E-state index >= 15 is 0 Å². The molecule has 2 N–H and O–H groups in total. The van der Waals surface area contributed by atoms with E-state index in [1.807, 2.05) is 0 Å². The van der Waals surface area contributed by atoms with Crippen LogP contribution >= 0.6 is 0 Å². The Bertz CT molecular complexity index is 622. The Morgan fingerprint density at radius 1 is 1.05 bits per heavy atom. The van der Waals surface area contributed by atoms with Gasteiger partial charge in [-0.1, -0.05) is 6.07 Å². The molecule has 0 spiro atoms. The summed E-state index contributed by atoms with van der Waals surface area (Å²) in [5.74, 6) is -1.61. The van der Waals surface area contributed by atoms with Crippen LogP contribution in [0.3, 0.4) is 0 Å². The van der Waals surface area contributed by atoms with Crippen LogP contribution in [0.2, 0.25) is 0 Å². The van der Waals surface area contributed by atoms with Gasteiger partial charge < -0.3 is 20.1 Å². The Labute approximate surface area is 128 Å². The maximum atomic E-state index is 11.7. The summed E-state index contributed by atoms with van der Waals surface area (Å²) >= 11 is 0. The van der Waals surface area contributed by atoms with Crippen LogP contribution in [0.1, 0.15) is 12.5 Å². The van der Waals surface area contributed by atoms with E-state index in [1.54, 1.807) is 25.1 Å². The van der Waals surface area contributed by atoms with Crippen LogP contribution in [0.25, 0.3) is 0 Å². The van der Waals surface area contributed by atoms with Gasteiger partial charge in [0.2, 0.25) is 5.91 Å². The predicted octanol–water partition coefficient (Wildman–Crippen LogP) is 1.60. The molecule has 1 amide bonds. The van der Waals surface area contributed by atoms with Gasteiger partial charge in [-0.2, -0.15) is 0 Å². The average Bonchev–Trinajstić information content (AvgIpc) is 2.48. The number of anilines is 2. The van der Waals surface area contributed by atoms with Gasteiger partial charge in [-0.05, 0) is 24.6 Å². The van der Waals surface area contributed by atoms with Crippen molar-refractivity contribution in [1.82, 2.24) is 0 Å². The lowest BCUT2D eigenvalue weighted by Gasteiger charge is -2.14. The quantitative estimate of drug-likeness (QED) is 0.634. The van der Waals surface area contributed by atoms with Crippen LogP contribution in [-0.2, 0) is 23.9 Å². The third-order valence-corrected chi connectivity index (χ3v) is 2.78. The lowest BCUT2D eigenvalue weighted by molar-refractivity contribution is -0.138. The zero-order chi connectivity index (χ0) is 16.7. The fraction of sp³-hybridized carbons (Fsp3) is 0.267. The van der Waals surface area contributed by atoms with Crippen molar-refractivity contribution in [2.24, 2.45) is 0 Å². The molecule has 7 heteroatoms. The number of hydrogen-bond acceptors (Lipinski definition) is 6. The first-order chi connectivity index (χ1) is 10.4. The van der Waals surface area contributed by atoms with Crippen LogP contribution in [0.5, 0.6) is 0 Å². The molecular weight excluding hydrogens is 288 g/mol. The van der Waals surface area contributed by atoms with Gasteiger partial charge in [0.15, 0.2) is 0 Å². The molecule has 22 heavy (non-hydrogen) atoms. The lowest BCUT2D eigenvalue weighted by atomic mass is 10.1. The minimum atomic E-state index is -0.713. The molecule has 0 atom stereocenters. The Kier molecular flexibility index (Phi) is 6.12. The summed E-state index contributed by atoms with van der Waals surface area (Å²) in [7, 11) is 2.41. The van der Waals surface area contributed by atoms with Crippen molar-refractivity contribution < 1.29 is 23.9 Å². The van der Waals surface area contributed by atoms with Gasteiger partial charge in [0.1, 0.15) is 5.70 Å². The number of amides is 1. The first-order valence-corrected chi connectivity index (χ1v) is 6.41. The van der Waals surface area contributed by atoms with E-state index in [0.717, 1.165) is 6.08 Å². The van der Waals surface area contributed by atoms with E-state index < -0.39 is 11.9 Å². The van der Waals surface area contributed by atoms with Crippen molar-refractivity contribution in [1.29, 1.82) is 0 Å². The minimum absolute atomic E-state index is 0.0718. The predicted molar refractivity (Wildman–Crippen MR) is 81.2 cm³/mol. The van der Waals surface area contributed by atoms with Crippen molar-refractivity contribution in [2.45, 2.75) is 13.8 Å². The van der Waals surface area contributed by atoms with Crippen molar-refractivity contribution >= 4 is 29.2 Å². The molecule has 1 aromatic rings. The fourth-order valence-corrected chi connectivity index (χ4v) is 1.67. The second-order valence-corrected chi connectivity index (χ2v) is 4.36. The molecule has 1 aromatic carbocycles. The van der Waals surface area contributed by atoms with E-state index in [2.05, 4.69) is 20.1 Å². The molecule has 0 saturated heterocycles. The molecule has 0 aliphatic carbocycles. The maximum absolute atomic E-state index is 11.7. The summed E-state index contributed by atoms with van der Waals surface area (Å²) in [5, 5.41) is 5.49. The number of carbonyl (C=O) groups excluding carboxylic acids is 3. The van der Waals surface area contributed by atoms with Gasteiger partial charge in [0.05, 0.1) is 20.3 Å². The lowest BCUT2D eigenvalue weighted by Crippen LogP contribution is -2.16. The van der Waals surface area contributed by atoms with Crippen molar-refractivity contribution in [3.63, 3.8) is 0 Å². The number of carbonyl (C=O) groups is 3. The number of nitrogens with one attached hydrogen (secondary N) is 2. The molecule has 0 bridgehead atoms. The second-order valence-electron chi connectivity index (χ2n) is 4.36. The Balaban J connectivity index is 3.13. The molecule has 7 nitrogen and oxygen atoms in total. The standard InChI is InChI=1S/C15H18N2O5/c1-9-11(16-10(2)18)6-5-7-12(9)17-13(15(20)22-4)8-14(19)21-3/h5-8,17H,1-4H3,(H,16,18)/b13-8+. The topological polar surface area (TPSA) is 93.7 Å². The number of hydrogen-bond donors (Lipinski definition) is 2. The molecule has 0 aromatic heterocycles. The third kappa shape index (κ3) is 4.62. The number of benzene rings is 1. The Morgan fingerprint density at radius 2 is 1.64 bits per heavy atom. The van der Waals surface area contributed by atoms with Crippen molar-refractivity contribution in [2.75, 3.05) is 24.9 Å². The highest BCUT2D eigenvalue weighted by Crippen LogP contribution is 2.24. The first-order valence-electron chi connectivity index (χ1n) is 6.41. The average molecular weight is 306 g/mol. The van der Waals surface area contributed by atoms with Crippen molar-refractivity contribution in [3.05, 3.63) is 35.5 Å². The molecule has 118 valence electrons. The summed E-state index contributed by atoms with van der Waals surface area (Å²) in [6.07, 6.45) is 0.996. The summed E-state index contributed by atoms with van der Waals surface area (Å²) < 4.78 is 9.12. The Hall–Kier alpha value is -2.83. The van der Waals surface area contributed by atoms with E-state index in [4.69, 9.17) is 0 Å². The fourth-order valence-electron chi connectivity index (χ4n) is 1.67. The maximum Gasteiger partial charge on any atom is 0.354 e. The zero-order valence-corrected chi connectivity index (χ0v) is 12.9. The summed E-state index contributed by atoms with van der Waals surface area (Å²) in [5.41, 5.74) is 1.78. The summed E-state index contributed by atoms with van der Waals surface area (Å²) in [4.78, 5) is 34.2. The SMILES string of the molecule is COC(=O)/C=C(/Nc1cccc(NC(C)=O)c1C)C(=O)OC. The number of esters is 2. The van der Waals surface area contributed by atoms with Gasteiger partial charge in [-0.15, -0.1) is 0 Å². The van der Waals surface area contributed by atoms with Gasteiger partial charge in [-0.25, -0.2) is 9.59 Å². The van der Waals surface area contributed by atoms with Crippen molar-refractivity contribution in [3.8, 4) is 0 Å². The molecule has 0 fully saturated rings. The second kappa shape index (κ2) is 7.82. The van der Waals surface area contributed by atoms with Crippen LogP contribution in [-0.4, -0.2) is 32.1 Å². The summed E-state index contributed by atoms with van der Waals surface area (Å²) in [6, 6.07) is 5.13. The van der Waals surface area contributed by atoms with Gasteiger partial charge >= 0.3 is 11.9 Å². The first kappa shape index (κ1) is 17.2. The van der Waals surface area contributed by atoms with Gasteiger partial charge in [-0.3, -0.25) is 4.79 Å². The molecule has 0 unspecified atom stereocenters. The normalized spacial score (nSPS) is 10.6. The smallest absolute Gasteiger partial charge is 0.354 e. The molecule has 0 heterocycles. The molecule has 0 aliphatic rings. The molecule has 0 radical (unpaired) electrons. The highest BCUT2D eigenvalue weighted by molar-refractivity contribution is 5.99. The highest BCUT2D eigenvalue weighted by Gasteiger charge is 2.14. The van der Waals surface area contributed by atoms with Crippen LogP contribution < -0.4 is 10.6 Å². The van der Waals surface area contributed by atoms with Gasteiger partial charge in [0.25, 0.3) is 0 Å². The Morgan fingerprint density at radius 3 is 2.14 bits per heavy atom. The molecule has 1 rings (SSSR count). The summed E-state index contributed by atoms with van der Waals surface area (Å²) in [6.45, 7) is 3.16. The number of ether oxygens (including phenoxy) is 2. The zero-order valence-electron chi connectivity index (χ0n) is 12.9. The minimum Gasteiger partial charge on any atom is -0.466 e. The monoisotopic (exact) mass is 306 g/mol. The largest absolute Gasteiger partial charge is 0.466 e. The number of rotatable bonds is 5. The molecule has 0 aliphatic heterocycles. The van der Waals surface area contributed by atoms with Crippen LogP contribution in [0.4, 0.5) is 11.4 Å². The molecular formula is C15H18N2O5. The van der Waals surface area contributed by atoms with E-state index in [9.17, 15) is 14.4 Å². The number of methoxy groups -OCH3 is 2. The van der Waals surface area contributed by atoms with Crippen LogP contribution in [0, 0.1) is 6.92 Å². The van der Waals surface area contributed by atoms with E-state index in [1.165, 1.54) is 21.1 Å². The van der Waals surface area contributed by atoms with E-state index in [0.29, 0.717) is 16.9 Å². The highest BCUT2D eigenvalue weighted by atomic mass is 16.5. The van der Waals surface area contributed by atoms with E-state index in [-0.39, 0.29) is 11.6 Å².